The molecular formula is C11H22N2. The molecule has 2 atom stereocenters. The molecular weight excluding hydrogens is 160 g/mol. The van der Waals surface area contributed by atoms with Gasteiger partial charge in [0.1, 0.15) is 0 Å². The van der Waals surface area contributed by atoms with E-state index in [-0.39, 0.29) is 12.1 Å². The summed E-state index contributed by atoms with van der Waals surface area (Å²) in [6, 6.07) is 0.0857. The average molecular weight is 182 g/mol. The first-order valence-electron chi connectivity index (χ1n) is 5.37. The summed E-state index contributed by atoms with van der Waals surface area (Å²) in [5, 5.41) is 0. The minimum atomic E-state index is -0.0260. The van der Waals surface area contributed by atoms with Crippen molar-refractivity contribution in [1.29, 1.82) is 0 Å². The first-order chi connectivity index (χ1) is 6.24. The van der Waals surface area contributed by atoms with Gasteiger partial charge >= 0.3 is 0 Å². The third kappa shape index (κ3) is 3.49. The van der Waals surface area contributed by atoms with Crippen LogP contribution in [-0.2, 0) is 0 Å². The van der Waals surface area contributed by atoms with Crippen LogP contribution < -0.4 is 11.5 Å². The van der Waals surface area contributed by atoms with E-state index in [1.807, 2.05) is 0 Å². The first-order valence-corrected chi connectivity index (χ1v) is 5.37. The van der Waals surface area contributed by atoms with Crippen LogP contribution in [-0.4, -0.2) is 12.1 Å². The number of nitrogens with two attached hydrogens (primary N) is 2. The Labute approximate surface area is 81.4 Å². The molecule has 1 fully saturated rings. The van der Waals surface area contributed by atoms with Crippen LogP contribution in [0.25, 0.3) is 0 Å². The van der Waals surface area contributed by atoms with E-state index in [0.29, 0.717) is 0 Å². The lowest BCUT2D eigenvalue weighted by Crippen LogP contribution is -2.41. The molecule has 0 radical (unpaired) electrons. The van der Waals surface area contributed by atoms with Crippen molar-refractivity contribution in [3.8, 4) is 0 Å². The Morgan fingerprint density at radius 1 is 1.23 bits per heavy atom. The van der Waals surface area contributed by atoms with Crippen LogP contribution >= 0.6 is 0 Å². The molecule has 0 aromatic heterocycles. The van der Waals surface area contributed by atoms with Crippen LogP contribution in [0.1, 0.15) is 38.5 Å². The zero-order valence-corrected chi connectivity index (χ0v) is 8.41. The van der Waals surface area contributed by atoms with Crippen LogP contribution in [0.3, 0.4) is 0 Å². The number of hydrogen-bond acceptors (Lipinski definition) is 2. The van der Waals surface area contributed by atoms with Gasteiger partial charge in [0.15, 0.2) is 0 Å². The minimum absolute atomic E-state index is 0.0260. The zero-order valence-electron chi connectivity index (χ0n) is 8.41. The van der Waals surface area contributed by atoms with E-state index in [2.05, 4.69) is 6.58 Å². The summed E-state index contributed by atoms with van der Waals surface area (Å²) >= 11 is 0. The second-order valence-electron chi connectivity index (χ2n) is 4.22. The van der Waals surface area contributed by atoms with Crippen LogP contribution in [0.5, 0.6) is 0 Å². The quantitative estimate of drug-likeness (QED) is 0.651. The van der Waals surface area contributed by atoms with Gasteiger partial charge in [0.2, 0.25) is 0 Å². The highest BCUT2D eigenvalue weighted by molar-refractivity contribution is 4.91. The van der Waals surface area contributed by atoms with Crippen molar-refractivity contribution in [2.24, 2.45) is 17.4 Å². The molecule has 4 N–H and O–H groups in total. The Balaban J connectivity index is 2.25. The van der Waals surface area contributed by atoms with Crippen molar-refractivity contribution < 1.29 is 0 Å². The standard InChI is InChI=1S/C11H22N2/c1-2-10(12)11(13)8-9-6-4-3-5-7-9/h2,9-11H,1,3-8,12-13H2/t10-,11-/m0/s1. The molecule has 0 bridgehead atoms. The largest absolute Gasteiger partial charge is 0.326 e. The highest BCUT2D eigenvalue weighted by Gasteiger charge is 2.18. The lowest BCUT2D eigenvalue weighted by Gasteiger charge is -2.26. The van der Waals surface area contributed by atoms with Gasteiger partial charge in [0.05, 0.1) is 0 Å². The summed E-state index contributed by atoms with van der Waals surface area (Å²) in [4.78, 5) is 0. The molecule has 0 unspecified atom stereocenters. The van der Waals surface area contributed by atoms with Crippen LogP contribution in [0.2, 0.25) is 0 Å². The molecule has 1 rings (SSSR count). The molecule has 76 valence electrons. The molecule has 2 nitrogen and oxygen atoms in total. The van der Waals surface area contributed by atoms with E-state index < -0.39 is 0 Å². The Morgan fingerprint density at radius 2 is 1.85 bits per heavy atom. The smallest absolute Gasteiger partial charge is 0.0375 e. The number of rotatable bonds is 4. The Hall–Kier alpha value is -0.340. The maximum atomic E-state index is 5.96. The maximum Gasteiger partial charge on any atom is 0.0375 e. The first kappa shape index (κ1) is 10.7. The fourth-order valence-electron chi connectivity index (χ4n) is 2.14. The van der Waals surface area contributed by atoms with E-state index in [1.54, 1.807) is 6.08 Å². The Bertz CT molecular complexity index is 150. The summed E-state index contributed by atoms with van der Waals surface area (Å²) in [7, 11) is 0. The monoisotopic (exact) mass is 182 g/mol. The van der Waals surface area contributed by atoms with Crippen molar-refractivity contribution in [3.05, 3.63) is 12.7 Å². The fourth-order valence-corrected chi connectivity index (χ4v) is 2.14. The third-order valence-corrected chi connectivity index (χ3v) is 3.10. The van der Waals surface area contributed by atoms with Gasteiger partial charge < -0.3 is 11.5 Å². The van der Waals surface area contributed by atoms with Gasteiger partial charge in [0.25, 0.3) is 0 Å². The van der Waals surface area contributed by atoms with E-state index in [9.17, 15) is 0 Å². The van der Waals surface area contributed by atoms with E-state index >= 15 is 0 Å². The van der Waals surface area contributed by atoms with Gasteiger partial charge in [-0.1, -0.05) is 38.2 Å². The molecule has 0 heterocycles. The Kier molecular flexibility index (Phi) is 4.46. The van der Waals surface area contributed by atoms with Crippen molar-refractivity contribution in [3.63, 3.8) is 0 Å². The molecule has 0 amide bonds. The van der Waals surface area contributed by atoms with Gasteiger partial charge in [-0.05, 0) is 12.3 Å². The van der Waals surface area contributed by atoms with Crippen LogP contribution in [0.4, 0.5) is 0 Å². The minimum Gasteiger partial charge on any atom is -0.326 e. The predicted molar refractivity (Wildman–Crippen MR) is 57.3 cm³/mol. The molecule has 1 saturated carbocycles. The number of hydrogen-bond donors (Lipinski definition) is 2. The molecule has 13 heavy (non-hydrogen) atoms. The summed E-state index contributed by atoms with van der Waals surface area (Å²) in [6.07, 6.45) is 9.68. The maximum absolute atomic E-state index is 5.96. The van der Waals surface area contributed by atoms with Crippen molar-refractivity contribution in [1.82, 2.24) is 0 Å². The summed E-state index contributed by atoms with van der Waals surface area (Å²) in [5.74, 6) is 0.815. The van der Waals surface area contributed by atoms with Crippen LogP contribution in [0, 0.1) is 5.92 Å². The summed E-state index contributed by atoms with van der Waals surface area (Å²) in [6.45, 7) is 3.67. The van der Waals surface area contributed by atoms with Gasteiger partial charge in [-0.15, -0.1) is 6.58 Å². The molecule has 1 aliphatic rings. The molecule has 0 saturated heterocycles. The normalized spacial score (nSPS) is 23.8. The third-order valence-electron chi connectivity index (χ3n) is 3.10. The van der Waals surface area contributed by atoms with Gasteiger partial charge in [-0.3, -0.25) is 0 Å². The highest BCUT2D eigenvalue weighted by atomic mass is 14.8. The summed E-state index contributed by atoms with van der Waals surface area (Å²) < 4.78 is 0. The van der Waals surface area contributed by atoms with Crippen LogP contribution in [0.15, 0.2) is 12.7 Å². The summed E-state index contributed by atoms with van der Waals surface area (Å²) in [5.41, 5.74) is 11.8. The Morgan fingerprint density at radius 3 is 2.38 bits per heavy atom. The van der Waals surface area contributed by atoms with E-state index in [0.717, 1.165) is 12.3 Å². The molecule has 0 aromatic carbocycles. The van der Waals surface area contributed by atoms with Gasteiger partial charge in [-0.25, -0.2) is 0 Å². The second kappa shape index (κ2) is 5.40. The topological polar surface area (TPSA) is 52.0 Å². The fraction of sp³-hybridized carbons (Fsp3) is 0.818. The molecule has 1 aliphatic carbocycles. The highest BCUT2D eigenvalue weighted by Crippen LogP contribution is 2.27. The van der Waals surface area contributed by atoms with E-state index in [4.69, 9.17) is 11.5 Å². The van der Waals surface area contributed by atoms with Gasteiger partial charge in [-0.2, -0.15) is 0 Å². The second-order valence-corrected chi connectivity index (χ2v) is 4.22. The molecule has 0 spiro atoms. The molecule has 2 heteroatoms. The lowest BCUT2D eigenvalue weighted by molar-refractivity contribution is 0.311. The average Bonchev–Trinajstić information content (AvgIpc) is 2.18. The SMILES string of the molecule is C=C[C@H](N)[C@@H](N)CC1CCCCC1. The van der Waals surface area contributed by atoms with E-state index in [1.165, 1.54) is 32.1 Å². The zero-order chi connectivity index (χ0) is 9.68. The lowest BCUT2D eigenvalue weighted by atomic mass is 9.83. The van der Waals surface area contributed by atoms with Crippen molar-refractivity contribution in [2.75, 3.05) is 0 Å². The predicted octanol–water partition coefficient (Wildman–Crippen LogP) is 1.80. The van der Waals surface area contributed by atoms with Gasteiger partial charge in [0, 0.05) is 12.1 Å². The van der Waals surface area contributed by atoms with Crippen molar-refractivity contribution >= 4 is 0 Å². The molecule has 0 aliphatic heterocycles. The molecule has 0 aromatic rings. The van der Waals surface area contributed by atoms with Crippen molar-refractivity contribution in [2.45, 2.75) is 50.6 Å².